The lowest BCUT2D eigenvalue weighted by Crippen LogP contribution is -2.73. The van der Waals surface area contributed by atoms with Gasteiger partial charge in [0.05, 0.1) is 16.8 Å². The molecule has 37 heavy (non-hydrogen) atoms. The first-order valence-corrected chi connectivity index (χ1v) is 13.7. The van der Waals surface area contributed by atoms with E-state index in [1.807, 2.05) is 6.07 Å². The van der Waals surface area contributed by atoms with Crippen LogP contribution in [-0.2, 0) is 22.0 Å². The molecule has 2 N–H and O–H groups in total. The van der Waals surface area contributed by atoms with Gasteiger partial charge in [-0.15, -0.1) is 0 Å². The summed E-state index contributed by atoms with van der Waals surface area (Å²) in [5, 5.41) is 19.6. The Morgan fingerprint density at radius 3 is 2.57 bits per heavy atom. The van der Waals surface area contributed by atoms with Gasteiger partial charge in [-0.2, -0.15) is 15.0 Å². The van der Waals surface area contributed by atoms with Gasteiger partial charge < -0.3 is 15.5 Å². The van der Waals surface area contributed by atoms with Crippen LogP contribution in [0.3, 0.4) is 0 Å². The van der Waals surface area contributed by atoms with Crippen LogP contribution in [0.1, 0.15) is 46.9 Å². The van der Waals surface area contributed by atoms with Gasteiger partial charge in [-0.3, -0.25) is 13.8 Å². The molecule has 0 aliphatic carbocycles. The Morgan fingerprint density at radius 2 is 1.97 bits per heavy atom. The average Bonchev–Trinajstić information content (AvgIpc) is 3.20. The van der Waals surface area contributed by atoms with Crippen LogP contribution < -0.4 is 15.5 Å². The molecule has 4 heterocycles. The van der Waals surface area contributed by atoms with Gasteiger partial charge in [0.2, 0.25) is 5.91 Å². The Labute approximate surface area is 217 Å². The Bertz CT molecular complexity index is 1430. The standard InChI is InChI=1S/C26H27N7O3S/c1-16(2)18-5-7-19(8-6-18)32-14-26(15-32)10-20-23(25(35)30-26)24(29-22(34)13-37(3)36)33(31-20)21-9-4-17(11-27)12-28-21/h4-9,12,16H,10,13-15H2,1-3H3,(H,29,34)(H,30,35). The second-order valence-corrected chi connectivity index (χ2v) is 11.3. The van der Waals surface area contributed by atoms with Crippen molar-refractivity contribution in [1.29, 1.82) is 5.26 Å². The molecule has 2 aliphatic rings. The van der Waals surface area contributed by atoms with Crippen LogP contribution in [0.25, 0.3) is 5.82 Å². The van der Waals surface area contributed by atoms with E-state index in [1.165, 1.54) is 22.7 Å². The van der Waals surface area contributed by atoms with Gasteiger partial charge in [-0.05, 0) is 35.7 Å². The highest BCUT2D eigenvalue weighted by atomic mass is 32.2. The Balaban J connectivity index is 1.44. The molecule has 11 heteroatoms. The van der Waals surface area contributed by atoms with Crippen molar-refractivity contribution < 1.29 is 13.8 Å². The molecule has 1 fully saturated rings. The van der Waals surface area contributed by atoms with Crippen LogP contribution in [0, 0.1) is 11.3 Å². The minimum Gasteiger partial charge on any atom is -0.367 e. The highest BCUT2D eigenvalue weighted by Gasteiger charge is 2.49. The molecule has 190 valence electrons. The number of pyridine rings is 1. The monoisotopic (exact) mass is 517 g/mol. The summed E-state index contributed by atoms with van der Waals surface area (Å²) < 4.78 is 13.0. The third kappa shape index (κ3) is 4.72. The molecule has 0 bridgehead atoms. The number of hydrogen-bond donors (Lipinski definition) is 2. The molecule has 0 saturated carbocycles. The lowest BCUT2D eigenvalue weighted by molar-refractivity contribution is -0.113. The summed E-state index contributed by atoms with van der Waals surface area (Å²) >= 11 is 0. The fourth-order valence-corrected chi connectivity index (χ4v) is 5.27. The molecular weight excluding hydrogens is 490 g/mol. The van der Waals surface area contributed by atoms with Crippen LogP contribution in [0.2, 0.25) is 0 Å². The number of benzene rings is 1. The Hall–Kier alpha value is -4.04. The molecule has 3 aromatic rings. The number of nitrogens with one attached hydrogen (secondary N) is 2. The first-order valence-electron chi connectivity index (χ1n) is 11.9. The number of nitriles is 1. The van der Waals surface area contributed by atoms with E-state index in [0.29, 0.717) is 42.5 Å². The van der Waals surface area contributed by atoms with Gasteiger partial charge in [-0.25, -0.2) is 4.98 Å². The van der Waals surface area contributed by atoms with E-state index in [4.69, 9.17) is 5.26 Å². The number of anilines is 2. The molecule has 1 spiro atoms. The zero-order valence-electron chi connectivity index (χ0n) is 20.8. The Kier molecular flexibility index (Phi) is 6.29. The van der Waals surface area contributed by atoms with Crippen molar-refractivity contribution in [3.63, 3.8) is 0 Å². The number of carbonyl (C=O) groups is 2. The van der Waals surface area contributed by atoms with Gasteiger partial charge in [0, 0.05) is 48.4 Å². The predicted molar refractivity (Wildman–Crippen MR) is 140 cm³/mol. The first kappa shape index (κ1) is 24.6. The lowest BCUT2D eigenvalue weighted by atomic mass is 9.80. The third-order valence-electron chi connectivity index (χ3n) is 6.67. The molecule has 2 amide bonds. The number of carbonyl (C=O) groups excluding carboxylic acids is 2. The summed E-state index contributed by atoms with van der Waals surface area (Å²) in [5.41, 5.74) is 3.11. The lowest BCUT2D eigenvalue weighted by Gasteiger charge is -2.53. The molecular formula is C26H27N7O3S. The smallest absolute Gasteiger partial charge is 0.257 e. The zero-order valence-corrected chi connectivity index (χ0v) is 21.6. The number of rotatable bonds is 6. The highest BCUT2D eigenvalue weighted by Crippen LogP contribution is 2.37. The van der Waals surface area contributed by atoms with Gasteiger partial charge in [0.15, 0.2) is 11.6 Å². The molecule has 2 aromatic heterocycles. The fourth-order valence-electron chi connectivity index (χ4n) is 4.83. The maximum atomic E-state index is 13.4. The summed E-state index contributed by atoms with van der Waals surface area (Å²) in [6, 6.07) is 13.7. The maximum Gasteiger partial charge on any atom is 0.257 e. The molecule has 0 radical (unpaired) electrons. The van der Waals surface area contributed by atoms with Crippen molar-refractivity contribution in [3.05, 3.63) is 65.0 Å². The first-order chi connectivity index (χ1) is 17.7. The SMILES string of the molecule is CC(C)c1ccc(N2CC3(Cc4nn(-c5ccc(C#N)cn5)c(NC(=O)CS(C)=O)c4C(=O)N3)C2)cc1. The van der Waals surface area contributed by atoms with Crippen LogP contribution >= 0.6 is 0 Å². The van der Waals surface area contributed by atoms with E-state index in [1.54, 1.807) is 12.1 Å². The largest absolute Gasteiger partial charge is 0.367 e. The molecule has 5 rings (SSSR count). The van der Waals surface area contributed by atoms with Crippen LogP contribution in [-0.4, -0.2) is 61.4 Å². The summed E-state index contributed by atoms with van der Waals surface area (Å²) in [5.74, 6) is -0.0497. The van der Waals surface area contributed by atoms with Gasteiger partial charge in [0.1, 0.15) is 17.4 Å². The highest BCUT2D eigenvalue weighted by molar-refractivity contribution is 7.85. The van der Waals surface area contributed by atoms with E-state index >= 15 is 0 Å². The molecule has 2 aliphatic heterocycles. The van der Waals surface area contributed by atoms with Crippen molar-refractivity contribution in [2.24, 2.45) is 0 Å². The summed E-state index contributed by atoms with van der Waals surface area (Å²) in [6.07, 6.45) is 3.32. The zero-order chi connectivity index (χ0) is 26.3. The molecule has 1 aromatic carbocycles. The van der Waals surface area contributed by atoms with Crippen molar-refractivity contribution >= 4 is 34.1 Å². The van der Waals surface area contributed by atoms with Crippen molar-refractivity contribution in [2.75, 3.05) is 35.3 Å². The molecule has 1 atom stereocenters. The predicted octanol–water partition coefficient (Wildman–Crippen LogP) is 2.12. The van der Waals surface area contributed by atoms with E-state index in [2.05, 4.69) is 63.7 Å². The normalized spacial score (nSPS) is 16.5. The molecule has 1 saturated heterocycles. The van der Waals surface area contributed by atoms with Crippen LogP contribution in [0.15, 0.2) is 42.6 Å². The minimum atomic E-state index is -1.35. The number of amides is 2. The summed E-state index contributed by atoms with van der Waals surface area (Å²) in [7, 11) is -1.35. The number of nitrogens with zero attached hydrogens (tertiary/aromatic N) is 5. The van der Waals surface area contributed by atoms with Crippen LogP contribution in [0.4, 0.5) is 11.5 Å². The Morgan fingerprint density at radius 1 is 1.24 bits per heavy atom. The van der Waals surface area contributed by atoms with Gasteiger partial charge in [-0.1, -0.05) is 26.0 Å². The van der Waals surface area contributed by atoms with E-state index < -0.39 is 22.2 Å². The maximum absolute atomic E-state index is 13.4. The quantitative estimate of drug-likeness (QED) is 0.512. The third-order valence-corrected chi connectivity index (χ3v) is 7.34. The van der Waals surface area contributed by atoms with E-state index in [-0.39, 0.29) is 23.0 Å². The van der Waals surface area contributed by atoms with Gasteiger partial charge in [0.25, 0.3) is 5.91 Å². The molecule has 10 nitrogen and oxygen atoms in total. The van der Waals surface area contributed by atoms with Crippen molar-refractivity contribution in [1.82, 2.24) is 20.1 Å². The van der Waals surface area contributed by atoms with E-state index in [0.717, 1.165) is 5.69 Å². The number of hydrogen-bond acceptors (Lipinski definition) is 7. The topological polar surface area (TPSA) is 133 Å². The van der Waals surface area contributed by atoms with Crippen molar-refractivity contribution in [2.45, 2.75) is 31.7 Å². The molecule has 1 unspecified atom stereocenters. The van der Waals surface area contributed by atoms with Gasteiger partial charge >= 0.3 is 0 Å². The second-order valence-electron chi connectivity index (χ2n) is 9.88. The van der Waals surface area contributed by atoms with Crippen LogP contribution in [0.5, 0.6) is 0 Å². The minimum absolute atomic E-state index is 0.176. The van der Waals surface area contributed by atoms with E-state index in [9.17, 15) is 13.8 Å². The second kappa shape index (κ2) is 9.44. The van der Waals surface area contributed by atoms with Crippen molar-refractivity contribution in [3.8, 4) is 11.9 Å². The summed E-state index contributed by atoms with van der Waals surface area (Å²) in [4.78, 5) is 32.4. The summed E-state index contributed by atoms with van der Waals surface area (Å²) in [6.45, 7) is 5.59. The number of aromatic nitrogens is 3. The number of fused-ring (bicyclic) bond motifs is 1. The average molecular weight is 518 g/mol. The fraction of sp³-hybridized carbons (Fsp3) is 0.346.